The van der Waals surface area contributed by atoms with E-state index >= 15 is 0 Å². The summed E-state index contributed by atoms with van der Waals surface area (Å²) in [6.45, 7) is 2.55. The minimum absolute atomic E-state index is 0.0119. The molecule has 0 aromatic heterocycles. The summed E-state index contributed by atoms with van der Waals surface area (Å²) in [5.41, 5.74) is 2.61. The number of carboxylic acids is 1. The maximum Gasteiger partial charge on any atom is 0.416 e. The number of carbonyl (C=O) groups is 3. The highest BCUT2D eigenvalue weighted by molar-refractivity contribution is 6.30. The van der Waals surface area contributed by atoms with Crippen LogP contribution in [0, 0.1) is 0 Å². The maximum atomic E-state index is 14.3. The Kier molecular flexibility index (Phi) is 9.93. The van der Waals surface area contributed by atoms with Crippen LogP contribution in [0.3, 0.4) is 0 Å². The van der Waals surface area contributed by atoms with E-state index in [9.17, 15) is 27.6 Å². The first-order valence-electron chi connectivity index (χ1n) is 13.8. The van der Waals surface area contributed by atoms with Crippen LogP contribution in [-0.4, -0.2) is 40.9 Å². The zero-order chi connectivity index (χ0) is 30.4. The predicted molar refractivity (Wildman–Crippen MR) is 153 cm³/mol. The normalized spacial score (nSPS) is 14.5. The van der Waals surface area contributed by atoms with Gasteiger partial charge in [-0.1, -0.05) is 55.3 Å². The second-order valence-electron chi connectivity index (χ2n) is 10.4. The SMILES string of the molecule is CCC[C@H](c1ccc(C(=O)NCCC(=O)O)cc1)[C@@H](C(=O)N1CCc2cc(C(F)(F)F)ccc2C1)c1ccc(Cl)cc1. The first kappa shape index (κ1) is 31.1. The molecular formula is C32H32ClF3N2O4. The van der Waals surface area contributed by atoms with Crippen molar-refractivity contribution in [2.24, 2.45) is 0 Å². The molecule has 1 aliphatic heterocycles. The van der Waals surface area contributed by atoms with E-state index in [2.05, 4.69) is 5.32 Å². The number of nitrogens with one attached hydrogen (secondary N) is 1. The fourth-order valence-electron chi connectivity index (χ4n) is 5.43. The molecule has 6 nitrogen and oxygen atoms in total. The van der Waals surface area contributed by atoms with E-state index in [-0.39, 0.29) is 37.2 Å². The molecule has 0 spiro atoms. The van der Waals surface area contributed by atoms with Crippen molar-refractivity contribution in [1.82, 2.24) is 10.2 Å². The molecule has 42 heavy (non-hydrogen) atoms. The Morgan fingerprint density at radius 2 is 1.64 bits per heavy atom. The van der Waals surface area contributed by atoms with Crippen molar-refractivity contribution in [3.8, 4) is 0 Å². The van der Waals surface area contributed by atoms with Gasteiger partial charge in [-0.15, -0.1) is 0 Å². The van der Waals surface area contributed by atoms with Crippen LogP contribution >= 0.6 is 11.6 Å². The smallest absolute Gasteiger partial charge is 0.416 e. The molecule has 0 bridgehead atoms. The molecule has 0 radical (unpaired) electrons. The molecule has 4 rings (SSSR count). The lowest BCUT2D eigenvalue weighted by molar-refractivity contribution is -0.138. The molecule has 0 fully saturated rings. The number of alkyl halides is 3. The summed E-state index contributed by atoms with van der Waals surface area (Å²) >= 11 is 6.16. The number of aliphatic carboxylic acids is 1. The minimum Gasteiger partial charge on any atom is -0.481 e. The number of hydrogen-bond donors (Lipinski definition) is 2. The lowest BCUT2D eigenvalue weighted by atomic mass is 9.77. The molecule has 0 unspecified atom stereocenters. The van der Waals surface area contributed by atoms with Gasteiger partial charge in [0, 0.05) is 30.2 Å². The maximum absolute atomic E-state index is 14.3. The van der Waals surface area contributed by atoms with Gasteiger partial charge < -0.3 is 15.3 Å². The Labute approximate surface area is 247 Å². The first-order chi connectivity index (χ1) is 20.0. The summed E-state index contributed by atoms with van der Waals surface area (Å²) < 4.78 is 39.7. The van der Waals surface area contributed by atoms with Crippen LogP contribution in [-0.2, 0) is 28.7 Å². The minimum atomic E-state index is -4.43. The number of rotatable bonds is 10. The Morgan fingerprint density at radius 3 is 2.26 bits per heavy atom. The number of carbonyl (C=O) groups excluding carboxylic acids is 2. The molecule has 10 heteroatoms. The molecule has 2 amide bonds. The fraction of sp³-hybridized carbons (Fsp3) is 0.344. The third-order valence-corrected chi connectivity index (χ3v) is 7.83. The van der Waals surface area contributed by atoms with Crippen molar-refractivity contribution >= 4 is 29.4 Å². The number of nitrogens with zero attached hydrogens (tertiary/aromatic N) is 1. The van der Waals surface area contributed by atoms with Gasteiger partial charge in [-0.25, -0.2) is 0 Å². The van der Waals surface area contributed by atoms with E-state index in [1.165, 1.54) is 12.1 Å². The van der Waals surface area contributed by atoms with E-state index in [1.807, 2.05) is 31.2 Å². The summed E-state index contributed by atoms with van der Waals surface area (Å²) in [4.78, 5) is 39.2. The zero-order valence-corrected chi connectivity index (χ0v) is 23.8. The molecule has 1 aliphatic rings. The summed E-state index contributed by atoms with van der Waals surface area (Å²) in [6.07, 6.45) is -2.84. The summed E-state index contributed by atoms with van der Waals surface area (Å²) in [7, 11) is 0. The van der Waals surface area contributed by atoms with Gasteiger partial charge in [0.1, 0.15) is 0 Å². The quantitative estimate of drug-likeness (QED) is 0.267. The van der Waals surface area contributed by atoms with Gasteiger partial charge in [-0.3, -0.25) is 14.4 Å². The predicted octanol–water partition coefficient (Wildman–Crippen LogP) is 6.82. The van der Waals surface area contributed by atoms with Gasteiger partial charge in [0.05, 0.1) is 17.9 Å². The molecule has 0 saturated heterocycles. The Bertz CT molecular complexity index is 1430. The highest BCUT2D eigenvalue weighted by Crippen LogP contribution is 2.40. The highest BCUT2D eigenvalue weighted by atomic mass is 35.5. The molecule has 222 valence electrons. The van der Waals surface area contributed by atoms with Crippen LogP contribution in [0.5, 0.6) is 0 Å². The largest absolute Gasteiger partial charge is 0.481 e. The van der Waals surface area contributed by atoms with Crippen molar-refractivity contribution < 1.29 is 32.7 Å². The topological polar surface area (TPSA) is 86.7 Å². The molecule has 1 heterocycles. The van der Waals surface area contributed by atoms with E-state index < -0.39 is 23.6 Å². The van der Waals surface area contributed by atoms with Crippen molar-refractivity contribution in [3.63, 3.8) is 0 Å². The first-order valence-corrected chi connectivity index (χ1v) is 14.2. The monoisotopic (exact) mass is 600 g/mol. The van der Waals surface area contributed by atoms with E-state index in [0.29, 0.717) is 41.1 Å². The second kappa shape index (κ2) is 13.4. The molecule has 2 atom stereocenters. The van der Waals surface area contributed by atoms with E-state index in [4.69, 9.17) is 16.7 Å². The lowest BCUT2D eigenvalue weighted by Gasteiger charge is -2.35. The Hall–Kier alpha value is -3.85. The zero-order valence-electron chi connectivity index (χ0n) is 23.1. The van der Waals surface area contributed by atoms with Gasteiger partial charge in [0.2, 0.25) is 5.91 Å². The van der Waals surface area contributed by atoms with Crippen molar-refractivity contribution in [2.75, 3.05) is 13.1 Å². The second-order valence-corrected chi connectivity index (χ2v) is 10.9. The fourth-order valence-corrected chi connectivity index (χ4v) is 5.56. The van der Waals surface area contributed by atoms with Crippen LogP contribution in [0.15, 0.2) is 66.7 Å². The number of halogens is 4. The number of hydrogen-bond acceptors (Lipinski definition) is 3. The standard InChI is InChI=1S/C32H32ClF3N2O4/c1-2-3-27(20-4-6-22(7-5-20)30(41)37-16-14-28(39)40)29(21-9-12-26(33)13-10-21)31(42)38-17-15-23-18-25(32(34,35)36)11-8-24(23)19-38/h4-13,18,27,29H,2-3,14-17,19H2,1H3,(H,37,41)(H,39,40)/t27-,29+/m1/s1. The number of carboxylic acid groups (broad SMARTS) is 1. The van der Waals surface area contributed by atoms with Gasteiger partial charge >= 0.3 is 12.1 Å². The van der Waals surface area contributed by atoms with Crippen LogP contribution < -0.4 is 5.32 Å². The molecular weight excluding hydrogens is 569 g/mol. The van der Waals surface area contributed by atoms with Gasteiger partial charge in [-0.2, -0.15) is 13.2 Å². The van der Waals surface area contributed by atoms with Gasteiger partial charge in [0.25, 0.3) is 5.91 Å². The van der Waals surface area contributed by atoms with Crippen molar-refractivity contribution in [1.29, 1.82) is 0 Å². The van der Waals surface area contributed by atoms with Crippen LogP contribution in [0.1, 0.15) is 76.2 Å². The molecule has 2 N–H and O–H groups in total. The van der Waals surface area contributed by atoms with Crippen molar-refractivity contribution in [3.05, 3.63) is 105 Å². The third-order valence-electron chi connectivity index (χ3n) is 7.58. The Morgan fingerprint density at radius 1 is 0.976 bits per heavy atom. The van der Waals surface area contributed by atoms with Crippen LogP contribution in [0.2, 0.25) is 5.02 Å². The molecule has 0 aliphatic carbocycles. The summed E-state index contributed by atoms with van der Waals surface area (Å²) in [5, 5.41) is 11.9. The highest BCUT2D eigenvalue weighted by Gasteiger charge is 2.36. The summed E-state index contributed by atoms with van der Waals surface area (Å²) in [6, 6.07) is 17.7. The van der Waals surface area contributed by atoms with E-state index in [0.717, 1.165) is 23.6 Å². The average molecular weight is 601 g/mol. The summed E-state index contributed by atoms with van der Waals surface area (Å²) in [5.74, 6) is -2.36. The molecule has 3 aromatic carbocycles. The average Bonchev–Trinajstić information content (AvgIpc) is 2.96. The molecule has 0 saturated carbocycles. The van der Waals surface area contributed by atoms with Crippen molar-refractivity contribution in [2.45, 2.75) is 57.2 Å². The number of fused-ring (bicyclic) bond motifs is 1. The Balaban J connectivity index is 1.63. The van der Waals surface area contributed by atoms with Crippen LogP contribution in [0.4, 0.5) is 13.2 Å². The number of amides is 2. The number of benzene rings is 3. The van der Waals surface area contributed by atoms with Gasteiger partial charge in [0.15, 0.2) is 0 Å². The third kappa shape index (κ3) is 7.50. The molecule has 3 aromatic rings. The van der Waals surface area contributed by atoms with Crippen LogP contribution in [0.25, 0.3) is 0 Å². The van der Waals surface area contributed by atoms with E-state index in [1.54, 1.807) is 29.2 Å². The lowest BCUT2D eigenvalue weighted by Crippen LogP contribution is -2.40. The van der Waals surface area contributed by atoms with Gasteiger partial charge in [-0.05, 0) is 77.4 Å².